The third-order valence-electron chi connectivity index (χ3n) is 6.03. The first-order chi connectivity index (χ1) is 12.1. The van der Waals surface area contributed by atoms with Crippen molar-refractivity contribution >= 4 is 6.03 Å². The number of aliphatic hydroxyl groups excluding tert-OH is 1. The van der Waals surface area contributed by atoms with E-state index in [0.29, 0.717) is 18.4 Å². The summed E-state index contributed by atoms with van der Waals surface area (Å²) in [6.07, 6.45) is 3.54. The fourth-order valence-electron chi connectivity index (χ4n) is 4.54. The summed E-state index contributed by atoms with van der Waals surface area (Å²) in [4.78, 5) is 14.6. The summed E-state index contributed by atoms with van der Waals surface area (Å²) in [6.45, 7) is 4.78. The van der Waals surface area contributed by atoms with Crippen molar-refractivity contribution in [3.8, 4) is 0 Å². The molecule has 138 valence electrons. The van der Waals surface area contributed by atoms with E-state index in [1.54, 1.807) is 0 Å². The van der Waals surface area contributed by atoms with E-state index in [9.17, 15) is 9.90 Å². The van der Waals surface area contributed by atoms with Gasteiger partial charge in [-0.3, -0.25) is 0 Å². The quantitative estimate of drug-likeness (QED) is 0.711. The van der Waals surface area contributed by atoms with Crippen molar-refractivity contribution in [1.82, 2.24) is 15.5 Å². The highest BCUT2D eigenvalue weighted by Gasteiger charge is 2.47. The second-order valence-corrected chi connectivity index (χ2v) is 7.68. The van der Waals surface area contributed by atoms with E-state index in [1.165, 1.54) is 18.4 Å². The zero-order valence-electron chi connectivity index (χ0n) is 15.4. The van der Waals surface area contributed by atoms with Gasteiger partial charge in [-0.15, -0.1) is 0 Å². The smallest absolute Gasteiger partial charge is 0.315 e. The Kier molecular flexibility index (Phi) is 5.97. The third-order valence-corrected chi connectivity index (χ3v) is 6.03. The van der Waals surface area contributed by atoms with Crippen LogP contribution < -0.4 is 10.6 Å². The van der Waals surface area contributed by atoms with Crippen molar-refractivity contribution in [3.05, 3.63) is 35.4 Å². The van der Waals surface area contributed by atoms with Crippen LogP contribution in [0.2, 0.25) is 0 Å². The fraction of sp³-hybridized carbons (Fsp3) is 0.650. The van der Waals surface area contributed by atoms with Crippen LogP contribution in [-0.4, -0.2) is 42.3 Å². The van der Waals surface area contributed by atoms with Crippen LogP contribution in [-0.2, 0) is 13.1 Å². The Hall–Kier alpha value is -1.59. The van der Waals surface area contributed by atoms with E-state index in [0.717, 1.165) is 25.1 Å². The summed E-state index contributed by atoms with van der Waals surface area (Å²) >= 11 is 0. The maximum absolute atomic E-state index is 12.3. The van der Waals surface area contributed by atoms with Gasteiger partial charge in [0.1, 0.15) is 0 Å². The molecule has 4 unspecified atom stereocenters. The number of carbonyl (C=O) groups is 1. The maximum Gasteiger partial charge on any atom is 0.315 e. The molecule has 2 aliphatic rings. The number of nitrogens with one attached hydrogen (secondary N) is 2. The molecule has 5 nitrogen and oxygen atoms in total. The van der Waals surface area contributed by atoms with Gasteiger partial charge < -0.3 is 20.6 Å². The predicted molar refractivity (Wildman–Crippen MR) is 99.0 cm³/mol. The monoisotopic (exact) mass is 345 g/mol. The Morgan fingerprint density at radius 3 is 2.80 bits per heavy atom. The fourth-order valence-corrected chi connectivity index (χ4v) is 4.54. The van der Waals surface area contributed by atoms with Gasteiger partial charge >= 0.3 is 6.03 Å². The molecule has 1 aromatic carbocycles. The highest BCUT2D eigenvalue weighted by molar-refractivity contribution is 5.74. The topological polar surface area (TPSA) is 64.6 Å². The molecule has 0 aromatic heterocycles. The number of rotatable bonds is 7. The number of benzene rings is 1. The van der Waals surface area contributed by atoms with Gasteiger partial charge in [0.05, 0.1) is 0 Å². The highest BCUT2D eigenvalue weighted by atomic mass is 16.3. The lowest BCUT2D eigenvalue weighted by molar-refractivity contribution is 0.144. The van der Waals surface area contributed by atoms with Gasteiger partial charge in [0, 0.05) is 31.7 Å². The van der Waals surface area contributed by atoms with E-state index < -0.39 is 0 Å². The normalized spacial score (nSPS) is 27.7. The molecule has 0 spiro atoms. The summed E-state index contributed by atoms with van der Waals surface area (Å²) in [5.74, 6) is 1.37. The van der Waals surface area contributed by atoms with Crippen molar-refractivity contribution in [2.45, 2.75) is 45.3 Å². The lowest BCUT2D eigenvalue weighted by Crippen LogP contribution is -2.48. The summed E-state index contributed by atoms with van der Waals surface area (Å²) in [5, 5.41) is 15.7. The van der Waals surface area contributed by atoms with E-state index >= 15 is 0 Å². The number of aliphatic hydroxyl groups is 1. The summed E-state index contributed by atoms with van der Waals surface area (Å²) < 4.78 is 0. The minimum Gasteiger partial charge on any atom is -0.396 e. The molecule has 25 heavy (non-hydrogen) atoms. The van der Waals surface area contributed by atoms with Gasteiger partial charge in [0.15, 0.2) is 0 Å². The van der Waals surface area contributed by atoms with Gasteiger partial charge in [-0.25, -0.2) is 4.79 Å². The van der Waals surface area contributed by atoms with E-state index in [1.807, 2.05) is 12.1 Å². The maximum atomic E-state index is 12.3. The number of nitrogens with zero attached hydrogens (tertiary/aromatic N) is 1. The van der Waals surface area contributed by atoms with E-state index in [2.05, 4.69) is 41.6 Å². The lowest BCUT2D eigenvalue weighted by atomic mass is 9.85. The SMILES string of the molecule is CCN(C)Cc1cccc(CNC(=O)NC2C3CCC(C3)C2CO)c1. The van der Waals surface area contributed by atoms with Crippen LogP contribution in [0.4, 0.5) is 4.79 Å². The molecule has 0 saturated heterocycles. The molecular formula is C20H31N3O2. The third kappa shape index (κ3) is 4.33. The zero-order chi connectivity index (χ0) is 17.8. The van der Waals surface area contributed by atoms with Gasteiger partial charge in [0.2, 0.25) is 0 Å². The molecule has 2 fully saturated rings. The van der Waals surface area contributed by atoms with Crippen LogP contribution >= 0.6 is 0 Å². The van der Waals surface area contributed by atoms with Crippen LogP contribution in [0.15, 0.2) is 24.3 Å². The Balaban J connectivity index is 1.50. The summed E-state index contributed by atoms with van der Waals surface area (Å²) in [5.41, 5.74) is 2.38. The van der Waals surface area contributed by atoms with Gasteiger partial charge in [-0.05, 0) is 55.8 Å². The molecule has 0 heterocycles. The number of hydrogen-bond donors (Lipinski definition) is 3. The second kappa shape index (κ2) is 8.19. The number of hydrogen-bond acceptors (Lipinski definition) is 3. The molecule has 1 aromatic rings. The Labute approximate surface area is 150 Å². The van der Waals surface area contributed by atoms with E-state index in [-0.39, 0.29) is 24.6 Å². The van der Waals surface area contributed by atoms with E-state index in [4.69, 9.17) is 0 Å². The molecule has 3 N–H and O–H groups in total. The minimum atomic E-state index is -0.118. The number of fused-ring (bicyclic) bond motifs is 2. The van der Waals surface area contributed by atoms with Crippen LogP contribution in [0.25, 0.3) is 0 Å². The van der Waals surface area contributed by atoms with Crippen molar-refractivity contribution < 1.29 is 9.90 Å². The van der Waals surface area contributed by atoms with Crippen LogP contribution in [0.5, 0.6) is 0 Å². The Morgan fingerprint density at radius 1 is 1.28 bits per heavy atom. The molecule has 3 rings (SSSR count). The van der Waals surface area contributed by atoms with Crippen molar-refractivity contribution in [3.63, 3.8) is 0 Å². The molecule has 0 radical (unpaired) electrons. The predicted octanol–water partition coefficient (Wildman–Crippen LogP) is 2.34. The summed E-state index contributed by atoms with van der Waals surface area (Å²) in [6, 6.07) is 8.38. The molecule has 5 heteroatoms. The second-order valence-electron chi connectivity index (χ2n) is 7.68. The first-order valence-electron chi connectivity index (χ1n) is 9.52. The number of amides is 2. The Bertz CT molecular complexity index is 592. The highest BCUT2D eigenvalue weighted by Crippen LogP contribution is 2.48. The van der Waals surface area contributed by atoms with Crippen molar-refractivity contribution in [2.24, 2.45) is 17.8 Å². The average molecular weight is 345 g/mol. The molecule has 2 saturated carbocycles. The minimum absolute atomic E-state index is 0.118. The first-order valence-corrected chi connectivity index (χ1v) is 9.52. The van der Waals surface area contributed by atoms with Gasteiger partial charge in [-0.2, -0.15) is 0 Å². The van der Waals surface area contributed by atoms with Gasteiger partial charge in [-0.1, -0.05) is 31.2 Å². The zero-order valence-corrected chi connectivity index (χ0v) is 15.4. The standard InChI is InChI=1S/C20H31N3O2/c1-3-23(2)12-15-6-4-5-14(9-15)11-21-20(25)22-19-17-8-7-16(10-17)18(19)13-24/h4-6,9,16-19,24H,3,7-8,10-13H2,1-2H3,(H2,21,22,25). The largest absolute Gasteiger partial charge is 0.396 e. The molecule has 2 aliphatic carbocycles. The molecule has 2 amide bonds. The number of urea groups is 1. The molecule has 4 atom stereocenters. The van der Waals surface area contributed by atoms with Crippen molar-refractivity contribution in [2.75, 3.05) is 20.2 Å². The lowest BCUT2D eigenvalue weighted by Gasteiger charge is -2.30. The van der Waals surface area contributed by atoms with Gasteiger partial charge in [0.25, 0.3) is 0 Å². The first kappa shape index (κ1) is 18.2. The molecule has 2 bridgehead atoms. The van der Waals surface area contributed by atoms with Crippen molar-refractivity contribution in [1.29, 1.82) is 0 Å². The average Bonchev–Trinajstić information content (AvgIpc) is 3.21. The number of carbonyl (C=O) groups excluding carboxylic acids is 1. The van der Waals surface area contributed by atoms with Crippen LogP contribution in [0.1, 0.15) is 37.3 Å². The van der Waals surface area contributed by atoms with Crippen LogP contribution in [0, 0.1) is 17.8 Å². The Morgan fingerprint density at radius 2 is 2.04 bits per heavy atom. The molecule has 0 aliphatic heterocycles. The summed E-state index contributed by atoms with van der Waals surface area (Å²) in [7, 11) is 2.10. The van der Waals surface area contributed by atoms with Crippen LogP contribution in [0.3, 0.4) is 0 Å². The molecular weight excluding hydrogens is 314 g/mol.